The number of anilines is 1. The van der Waals surface area contributed by atoms with E-state index in [1.807, 2.05) is 35.2 Å². The molecule has 0 spiro atoms. The number of halogens is 2. The van der Waals surface area contributed by atoms with Gasteiger partial charge in [-0.3, -0.25) is 14.3 Å². The number of aromatic nitrogens is 2. The highest BCUT2D eigenvalue weighted by Gasteiger charge is 2.47. The number of imidazole rings is 1. The summed E-state index contributed by atoms with van der Waals surface area (Å²) in [5.41, 5.74) is 3.08. The highest BCUT2D eigenvalue weighted by atomic mass is 35.5. The molecule has 0 saturated carbocycles. The van der Waals surface area contributed by atoms with Crippen molar-refractivity contribution >= 4 is 45.8 Å². The standard InChI is InChI=1S/C19H15Cl2N3O/c1-19-8-4-7-17(25)23(19)15-6-3-2-5-11(15)18-22-14-9-12(20)13(21)10-16(14)24(18)19/h2-3,5-6,9-10H,4,7-8H2,1H3. The van der Waals surface area contributed by atoms with E-state index < -0.39 is 5.66 Å². The van der Waals surface area contributed by atoms with Crippen LogP contribution in [0.1, 0.15) is 26.2 Å². The van der Waals surface area contributed by atoms with Crippen molar-refractivity contribution in [1.82, 2.24) is 9.55 Å². The molecule has 2 aliphatic heterocycles. The zero-order chi connectivity index (χ0) is 17.3. The van der Waals surface area contributed by atoms with Crippen LogP contribution in [-0.4, -0.2) is 15.5 Å². The third-order valence-electron chi connectivity index (χ3n) is 5.34. The van der Waals surface area contributed by atoms with Crippen LogP contribution in [0, 0.1) is 0 Å². The lowest BCUT2D eigenvalue weighted by molar-refractivity contribution is -0.122. The van der Waals surface area contributed by atoms with Gasteiger partial charge in [-0.25, -0.2) is 4.98 Å². The van der Waals surface area contributed by atoms with Crippen LogP contribution in [0.15, 0.2) is 36.4 Å². The number of nitrogens with zero attached hydrogens (tertiary/aromatic N) is 3. The molecule has 5 rings (SSSR count). The van der Waals surface area contributed by atoms with Gasteiger partial charge in [-0.05, 0) is 44.0 Å². The van der Waals surface area contributed by atoms with Gasteiger partial charge in [0, 0.05) is 12.0 Å². The summed E-state index contributed by atoms with van der Waals surface area (Å²) in [6.45, 7) is 2.10. The SMILES string of the molecule is CC12CCCC(=O)N1c1ccccc1-c1nc3cc(Cl)c(Cl)cc3n12. The second-order valence-electron chi connectivity index (χ2n) is 6.84. The topological polar surface area (TPSA) is 38.1 Å². The highest BCUT2D eigenvalue weighted by molar-refractivity contribution is 6.42. The van der Waals surface area contributed by atoms with Gasteiger partial charge in [0.05, 0.1) is 26.8 Å². The fourth-order valence-electron chi connectivity index (χ4n) is 4.27. The van der Waals surface area contributed by atoms with Crippen LogP contribution < -0.4 is 4.90 Å². The summed E-state index contributed by atoms with van der Waals surface area (Å²) in [6.07, 6.45) is 2.29. The second-order valence-corrected chi connectivity index (χ2v) is 7.66. The Kier molecular flexibility index (Phi) is 3.04. The van der Waals surface area contributed by atoms with Crippen LogP contribution in [0.2, 0.25) is 10.0 Å². The number of piperidine rings is 1. The lowest BCUT2D eigenvalue weighted by Crippen LogP contribution is -2.56. The summed E-state index contributed by atoms with van der Waals surface area (Å²) in [6, 6.07) is 11.6. The van der Waals surface area contributed by atoms with Crippen molar-refractivity contribution in [1.29, 1.82) is 0 Å². The average Bonchev–Trinajstić information content (AvgIpc) is 2.95. The quantitative estimate of drug-likeness (QED) is 0.543. The predicted molar refractivity (Wildman–Crippen MR) is 100 cm³/mol. The summed E-state index contributed by atoms with van der Waals surface area (Å²) in [4.78, 5) is 19.6. The molecule has 1 unspecified atom stereocenters. The number of carbonyl (C=O) groups is 1. The summed E-state index contributed by atoms with van der Waals surface area (Å²) in [5.74, 6) is 1.01. The average molecular weight is 372 g/mol. The van der Waals surface area contributed by atoms with Crippen LogP contribution in [0.4, 0.5) is 5.69 Å². The predicted octanol–water partition coefficient (Wildman–Crippen LogP) is 5.21. The number of fused-ring (bicyclic) bond motifs is 8. The van der Waals surface area contributed by atoms with Crippen molar-refractivity contribution in [2.24, 2.45) is 0 Å². The van der Waals surface area contributed by atoms with E-state index in [0.717, 1.165) is 41.0 Å². The first kappa shape index (κ1) is 15.2. The molecule has 3 heterocycles. The van der Waals surface area contributed by atoms with Gasteiger partial charge in [0.2, 0.25) is 5.91 Å². The zero-order valence-corrected chi connectivity index (χ0v) is 15.1. The Morgan fingerprint density at radius 1 is 1.16 bits per heavy atom. The minimum absolute atomic E-state index is 0.147. The molecule has 2 aliphatic rings. The van der Waals surface area contributed by atoms with Gasteiger partial charge in [-0.15, -0.1) is 0 Å². The third-order valence-corrected chi connectivity index (χ3v) is 6.06. The van der Waals surface area contributed by atoms with E-state index in [2.05, 4.69) is 11.5 Å². The van der Waals surface area contributed by atoms with E-state index >= 15 is 0 Å². The Labute approximate surface area is 155 Å². The van der Waals surface area contributed by atoms with E-state index in [1.54, 1.807) is 6.07 Å². The number of rotatable bonds is 0. The summed E-state index contributed by atoms with van der Waals surface area (Å²) in [5, 5.41) is 0.979. The van der Waals surface area contributed by atoms with Crippen LogP contribution in [0.25, 0.3) is 22.4 Å². The van der Waals surface area contributed by atoms with Crippen molar-refractivity contribution in [2.45, 2.75) is 31.8 Å². The fourth-order valence-corrected chi connectivity index (χ4v) is 4.59. The van der Waals surface area contributed by atoms with Gasteiger partial charge in [-0.1, -0.05) is 35.3 Å². The largest absolute Gasteiger partial charge is 0.300 e. The molecule has 25 heavy (non-hydrogen) atoms. The van der Waals surface area contributed by atoms with Gasteiger partial charge in [0.15, 0.2) is 0 Å². The molecule has 1 saturated heterocycles. The van der Waals surface area contributed by atoms with Crippen LogP contribution >= 0.6 is 23.2 Å². The Morgan fingerprint density at radius 3 is 2.76 bits per heavy atom. The van der Waals surface area contributed by atoms with Gasteiger partial charge < -0.3 is 0 Å². The number of benzene rings is 2. The summed E-state index contributed by atoms with van der Waals surface area (Å²) in [7, 11) is 0. The monoisotopic (exact) mass is 371 g/mol. The molecule has 0 aliphatic carbocycles. The maximum Gasteiger partial charge on any atom is 0.228 e. The first-order chi connectivity index (χ1) is 12.0. The molecule has 4 nitrogen and oxygen atoms in total. The van der Waals surface area contributed by atoms with Gasteiger partial charge in [-0.2, -0.15) is 0 Å². The van der Waals surface area contributed by atoms with Gasteiger partial charge >= 0.3 is 0 Å². The second kappa shape index (κ2) is 4.99. The number of hydrogen-bond donors (Lipinski definition) is 0. The molecule has 6 heteroatoms. The Balaban J connectivity index is 1.94. The third kappa shape index (κ3) is 1.89. The van der Waals surface area contributed by atoms with E-state index in [0.29, 0.717) is 16.5 Å². The van der Waals surface area contributed by atoms with Crippen molar-refractivity contribution in [3.8, 4) is 11.4 Å². The minimum atomic E-state index is -0.495. The summed E-state index contributed by atoms with van der Waals surface area (Å²) >= 11 is 12.5. The summed E-state index contributed by atoms with van der Waals surface area (Å²) < 4.78 is 2.16. The van der Waals surface area contributed by atoms with Gasteiger partial charge in [0.1, 0.15) is 11.5 Å². The van der Waals surface area contributed by atoms with Crippen molar-refractivity contribution in [2.75, 3.05) is 4.90 Å². The van der Waals surface area contributed by atoms with Crippen LogP contribution in [0.5, 0.6) is 0 Å². The maximum atomic E-state index is 12.8. The van der Waals surface area contributed by atoms with Crippen LogP contribution in [0.3, 0.4) is 0 Å². The van der Waals surface area contributed by atoms with Crippen LogP contribution in [-0.2, 0) is 10.5 Å². The van der Waals surface area contributed by atoms with E-state index in [4.69, 9.17) is 28.2 Å². The minimum Gasteiger partial charge on any atom is -0.300 e. The molecule has 0 bridgehead atoms. The molecule has 0 N–H and O–H groups in total. The van der Waals surface area contributed by atoms with E-state index in [9.17, 15) is 4.79 Å². The Morgan fingerprint density at radius 2 is 1.92 bits per heavy atom. The zero-order valence-electron chi connectivity index (χ0n) is 13.6. The Hall–Kier alpha value is -2.04. The molecule has 1 amide bonds. The first-order valence-electron chi connectivity index (χ1n) is 8.31. The normalized spacial score (nSPS) is 21.9. The van der Waals surface area contributed by atoms with Crippen molar-refractivity contribution < 1.29 is 4.79 Å². The molecule has 2 aromatic carbocycles. The number of amides is 1. The molecule has 0 radical (unpaired) electrons. The molecule has 126 valence electrons. The molecule has 1 fully saturated rings. The molecule has 3 aromatic rings. The van der Waals surface area contributed by atoms with E-state index in [-0.39, 0.29) is 5.91 Å². The lowest BCUT2D eigenvalue weighted by Gasteiger charge is -2.49. The molecule has 1 aromatic heterocycles. The van der Waals surface area contributed by atoms with E-state index in [1.165, 1.54) is 0 Å². The Bertz CT molecular complexity index is 1060. The van der Waals surface area contributed by atoms with Crippen molar-refractivity contribution in [3.05, 3.63) is 46.4 Å². The first-order valence-corrected chi connectivity index (χ1v) is 9.07. The number of hydrogen-bond acceptors (Lipinski definition) is 2. The number of para-hydroxylation sites is 1. The van der Waals surface area contributed by atoms with Crippen molar-refractivity contribution in [3.63, 3.8) is 0 Å². The maximum absolute atomic E-state index is 12.8. The fraction of sp³-hybridized carbons (Fsp3) is 0.263. The molecular weight excluding hydrogens is 357 g/mol. The highest BCUT2D eigenvalue weighted by Crippen LogP contribution is 2.49. The molecular formula is C19H15Cl2N3O. The number of carbonyl (C=O) groups excluding carboxylic acids is 1. The van der Waals surface area contributed by atoms with Gasteiger partial charge in [0.25, 0.3) is 0 Å². The molecule has 1 atom stereocenters. The smallest absolute Gasteiger partial charge is 0.228 e. The lowest BCUT2D eigenvalue weighted by atomic mass is 9.90.